The van der Waals surface area contributed by atoms with Gasteiger partial charge in [-0.2, -0.15) is 0 Å². The van der Waals surface area contributed by atoms with Crippen molar-refractivity contribution in [3.05, 3.63) is 46.6 Å². The Hall–Kier alpha value is -1.46. The van der Waals surface area contributed by atoms with Gasteiger partial charge < -0.3 is 4.89 Å². The van der Waals surface area contributed by atoms with Crippen LogP contribution in [0.25, 0.3) is 0 Å². The number of carbonyl (C=O) groups excluding carboxylic acids is 1. The third-order valence-electron chi connectivity index (χ3n) is 4.49. The minimum absolute atomic E-state index is 0.234. The second-order valence-electron chi connectivity index (χ2n) is 7.85. The second kappa shape index (κ2) is 17.2. The summed E-state index contributed by atoms with van der Waals surface area (Å²) in [4.78, 5) is 25.2. The lowest BCUT2D eigenvalue weighted by Gasteiger charge is -2.10. The molecule has 6 nitrogen and oxygen atoms in total. The van der Waals surface area contributed by atoms with Gasteiger partial charge in [-0.3, -0.25) is 18.7 Å². The number of hydroxylamine groups is 1. The van der Waals surface area contributed by atoms with E-state index in [2.05, 4.69) is 55.9 Å². The number of nitrogens with one attached hydrogen (secondary N) is 1. The normalized spacial score (nSPS) is 15.0. The second-order valence-corrected chi connectivity index (χ2v) is 8.62. The lowest BCUT2D eigenvalue weighted by molar-refractivity contribution is -0.139. The molecule has 1 amide bonds. The van der Waals surface area contributed by atoms with Crippen molar-refractivity contribution in [2.75, 3.05) is 6.61 Å². The summed E-state index contributed by atoms with van der Waals surface area (Å²) in [5.74, 6) is -0.590. The average molecular weight is 442 g/mol. The fraction of sp³-hybridized carbons (Fsp3) is 0.609. The summed E-state index contributed by atoms with van der Waals surface area (Å²) in [7, 11) is -3.14. The van der Waals surface area contributed by atoms with Crippen molar-refractivity contribution < 1.29 is 23.6 Å². The summed E-state index contributed by atoms with van der Waals surface area (Å²) < 4.78 is 15.1. The van der Waals surface area contributed by atoms with Crippen LogP contribution < -0.4 is 5.48 Å². The number of amides is 1. The van der Waals surface area contributed by atoms with Gasteiger partial charge in [0, 0.05) is 0 Å². The number of rotatable bonds is 15. The van der Waals surface area contributed by atoms with Crippen LogP contribution >= 0.6 is 8.25 Å². The van der Waals surface area contributed by atoms with Crippen LogP contribution in [0.5, 0.6) is 0 Å². The molecule has 0 aliphatic rings. The predicted molar refractivity (Wildman–Crippen MR) is 124 cm³/mol. The molecule has 0 radical (unpaired) electrons. The summed E-state index contributed by atoms with van der Waals surface area (Å²) in [6.07, 6.45) is 14.1. The predicted octanol–water partition coefficient (Wildman–Crippen LogP) is 5.97. The molecule has 172 valence electrons. The van der Waals surface area contributed by atoms with E-state index in [9.17, 15) is 9.36 Å². The molecule has 0 aromatic carbocycles. The van der Waals surface area contributed by atoms with Crippen molar-refractivity contribution in [1.82, 2.24) is 5.48 Å². The highest BCUT2D eigenvalue weighted by molar-refractivity contribution is 7.32. The number of hydrogen-bond acceptors (Lipinski definition) is 4. The average Bonchev–Trinajstić information content (AvgIpc) is 2.64. The van der Waals surface area contributed by atoms with Crippen LogP contribution in [0.15, 0.2) is 46.6 Å². The third kappa shape index (κ3) is 17.4. The van der Waals surface area contributed by atoms with Gasteiger partial charge in [-0.25, -0.2) is 5.48 Å². The molecule has 30 heavy (non-hydrogen) atoms. The van der Waals surface area contributed by atoms with Crippen LogP contribution in [-0.4, -0.2) is 23.5 Å². The zero-order valence-corrected chi connectivity index (χ0v) is 20.4. The molecule has 0 aliphatic carbocycles. The Balaban J connectivity index is 4.04. The van der Waals surface area contributed by atoms with Gasteiger partial charge in [-0.05, 0) is 80.1 Å². The van der Waals surface area contributed by atoms with E-state index < -0.39 is 20.3 Å². The summed E-state index contributed by atoms with van der Waals surface area (Å²) in [5.41, 5.74) is 7.61. The summed E-state index contributed by atoms with van der Waals surface area (Å²) in [6, 6.07) is 0. The summed E-state index contributed by atoms with van der Waals surface area (Å²) in [5, 5.41) is 0. The van der Waals surface area contributed by atoms with Gasteiger partial charge in [0.15, 0.2) is 0 Å². The van der Waals surface area contributed by atoms with Crippen LogP contribution in [0, 0.1) is 0 Å². The van der Waals surface area contributed by atoms with Gasteiger partial charge in [0.25, 0.3) is 5.91 Å². The van der Waals surface area contributed by atoms with Crippen molar-refractivity contribution >= 4 is 14.2 Å². The Morgan fingerprint density at radius 1 is 0.900 bits per heavy atom. The lowest BCUT2D eigenvalue weighted by Crippen LogP contribution is -2.33. The van der Waals surface area contributed by atoms with Crippen molar-refractivity contribution in [2.45, 2.75) is 86.2 Å². The molecule has 0 fully saturated rings. The molecule has 0 aliphatic heterocycles. The van der Waals surface area contributed by atoms with E-state index >= 15 is 0 Å². The van der Waals surface area contributed by atoms with Crippen molar-refractivity contribution in [3.63, 3.8) is 0 Å². The quantitative estimate of drug-likeness (QED) is 0.142. The number of hydrogen-bond donors (Lipinski definition) is 2. The summed E-state index contributed by atoms with van der Waals surface area (Å²) >= 11 is 0. The Bertz CT molecular complexity index is 661. The zero-order chi connectivity index (χ0) is 22.9. The minimum Gasteiger partial charge on any atom is -0.326 e. The van der Waals surface area contributed by atoms with Crippen molar-refractivity contribution in [1.29, 1.82) is 0 Å². The molecule has 2 N–H and O–H groups in total. The highest BCUT2D eigenvalue weighted by atomic mass is 31.1. The molecule has 0 saturated heterocycles. The molecule has 0 spiro atoms. The maximum Gasteiger partial charge on any atom is 0.317 e. The van der Waals surface area contributed by atoms with Gasteiger partial charge in [-0.1, -0.05) is 46.6 Å². The largest absolute Gasteiger partial charge is 0.326 e. The smallest absolute Gasteiger partial charge is 0.317 e. The minimum atomic E-state index is -3.14. The van der Waals surface area contributed by atoms with Crippen LogP contribution in [0.3, 0.4) is 0 Å². The first-order chi connectivity index (χ1) is 14.1. The van der Waals surface area contributed by atoms with E-state index in [1.807, 2.05) is 13.0 Å². The fourth-order valence-corrected chi connectivity index (χ4v) is 2.98. The van der Waals surface area contributed by atoms with Crippen molar-refractivity contribution in [2.24, 2.45) is 0 Å². The monoisotopic (exact) mass is 441 g/mol. The van der Waals surface area contributed by atoms with E-state index in [1.54, 1.807) is 0 Å². The Morgan fingerprint density at radius 3 is 1.83 bits per heavy atom. The molecule has 0 heterocycles. The van der Waals surface area contributed by atoms with E-state index in [4.69, 9.17) is 9.73 Å². The van der Waals surface area contributed by atoms with Gasteiger partial charge >= 0.3 is 8.25 Å². The molecule has 7 heteroatoms. The number of allylic oxidation sites excluding steroid dienone is 7. The van der Waals surface area contributed by atoms with Crippen LogP contribution in [0.4, 0.5) is 0 Å². The fourth-order valence-electron chi connectivity index (χ4n) is 2.57. The third-order valence-corrected chi connectivity index (χ3v) is 5.04. The molecular formula is C23H40NO5P. The Labute approximate surface area is 183 Å². The van der Waals surface area contributed by atoms with E-state index in [1.165, 1.54) is 29.2 Å². The van der Waals surface area contributed by atoms with Gasteiger partial charge in [0.2, 0.25) is 0 Å². The Morgan fingerprint density at radius 2 is 1.37 bits per heavy atom. The lowest BCUT2D eigenvalue weighted by atomic mass is 10.0. The van der Waals surface area contributed by atoms with Gasteiger partial charge in [0.05, 0.1) is 6.61 Å². The molecule has 2 unspecified atom stereocenters. The SMILES string of the molecule is CC(C)=CCCC(C)=CCCC(C)=CCCC(C)=CCONC(=O)C(C)O[PH](=O)O. The standard InChI is InChI=1S/C23H40NO5P/c1-18(2)10-7-11-19(3)12-8-13-20(4)14-9-15-21(5)16-17-28-24-23(25)22(6)29-30(26)27/h10,12,14,16,22,30H,7-9,11,13,15,17H2,1-6H3,(H,24,25)(H,26,27). The van der Waals surface area contributed by atoms with Gasteiger partial charge in [0.1, 0.15) is 6.10 Å². The van der Waals surface area contributed by atoms with Crippen LogP contribution in [0.1, 0.15) is 80.1 Å². The first kappa shape index (κ1) is 28.5. The molecule has 0 rings (SSSR count). The first-order valence-electron chi connectivity index (χ1n) is 10.5. The molecule has 0 aromatic heterocycles. The first-order valence-corrected chi connectivity index (χ1v) is 11.8. The number of carbonyl (C=O) groups is 1. The molecule has 0 bridgehead atoms. The topological polar surface area (TPSA) is 84.9 Å². The van der Waals surface area contributed by atoms with Crippen molar-refractivity contribution in [3.8, 4) is 0 Å². The highest BCUT2D eigenvalue weighted by Gasteiger charge is 2.14. The summed E-state index contributed by atoms with van der Waals surface area (Å²) in [6.45, 7) is 12.3. The Kier molecular flexibility index (Phi) is 16.4. The molecule has 2 atom stereocenters. The maximum absolute atomic E-state index is 11.5. The zero-order valence-electron chi connectivity index (χ0n) is 19.4. The van der Waals surface area contributed by atoms with Crippen LogP contribution in [-0.2, 0) is 18.7 Å². The van der Waals surface area contributed by atoms with E-state index in [0.29, 0.717) is 0 Å². The molecule has 0 saturated carbocycles. The van der Waals surface area contributed by atoms with Crippen LogP contribution in [0.2, 0.25) is 0 Å². The highest BCUT2D eigenvalue weighted by Crippen LogP contribution is 2.17. The molecule has 0 aromatic rings. The van der Waals surface area contributed by atoms with E-state index in [-0.39, 0.29) is 6.61 Å². The maximum atomic E-state index is 11.5. The molecular weight excluding hydrogens is 401 g/mol. The van der Waals surface area contributed by atoms with Gasteiger partial charge in [-0.15, -0.1) is 0 Å². The van der Waals surface area contributed by atoms with E-state index in [0.717, 1.165) is 38.5 Å².